The Kier molecular flexibility index (Phi) is 9.30. The van der Waals surface area contributed by atoms with Crippen LogP contribution in [0.25, 0.3) is 0 Å². The molecule has 4 saturated carbocycles. The van der Waals surface area contributed by atoms with Crippen molar-refractivity contribution in [3.8, 4) is 0 Å². The van der Waals surface area contributed by atoms with Crippen LogP contribution in [0.1, 0.15) is 107 Å². The maximum Gasteiger partial charge on any atom is 0.192 e. The molecule has 40 heavy (non-hydrogen) atoms. The van der Waals surface area contributed by atoms with Crippen LogP contribution in [0.5, 0.6) is 0 Å². The number of aliphatic hydroxyl groups is 1. The second-order valence-corrected chi connectivity index (χ2v) is 27.1. The molecule has 0 aromatic carbocycles. The Morgan fingerprint density at radius 2 is 1.40 bits per heavy atom. The molecule has 0 saturated heterocycles. The van der Waals surface area contributed by atoms with E-state index in [2.05, 4.69) is 93.7 Å². The van der Waals surface area contributed by atoms with E-state index in [0.717, 1.165) is 24.7 Å². The Balaban J connectivity index is 1.63. The van der Waals surface area contributed by atoms with E-state index in [9.17, 15) is 5.11 Å². The van der Waals surface area contributed by atoms with Crippen molar-refractivity contribution in [2.24, 2.45) is 35.0 Å². The van der Waals surface area contributed by atoms with Gasteiger partial charge in [-0.05, 0) is 117 Å². The highest BCUT2D eigenvalue weighted by molar-refractivity contribution is 6.74. The third-order valence-electron chi connectivity index (χ3n) is 12.8. The average molecular weight is 589 g/mol. The fraction of sp³-hybridized carbons (Fsp3) is 0.886. The van der Waals surface area contributed by atoms with Crippen molar-refractivity contribution in [2.45, 2.75) is 155 Å². The highest BCUT2D eigenvalue weighted by Gasteiger charge is 2.61. The molecule has 0 aliphatic heterocycles. The van der Waals surface area contributed by atoms with E-state index < -0.39 is 16.6 Å². The predicted molar refractivity (Wildman–Crippen MR) is 176 cm³/mol. The monoisotopic (exact) mass is 588 g/mol. The minimum atomic E-state index is -1.91. The Morgan fingerprint density at radius 1 is 0.875 bits per heavy atom. The van der Waals surface area contributed by atoms with Gasteiger partial charge in [-0.15, -0.1) is 0 Å². The third kappa shape index (κ3) is 6.35. The molecule has 0 unspecified atom stereocenters. The van der Waals surface area contributed by atoms with Crippen LogP contribution in [0.15, 0.2) is 23.3 Å². The number of rotatable bonds is 7. The molecule has 5 heteroatoms. The fourth-order valence-corrected chi connectivity index (χ4v) is 10.6. The topological polar surface area (TPSA) is 38.7 Å². The van der Waals surface area contributed by atoms with Crippen LogP contribution in [-0.4, -0.2) is 40.6 Å². The van der Waals surface area contributed by atoms with Gasteiger partial charge in [-0.3, -0.25) is 0 Å². The molecule has 0 radical (unpaired) electrons. The first-order chi connectivity index (χ1) is 18.3. The van der Waals surface area contributed by atoms with Gasteiger partial charge in [0.25, 0.3) is 0 Å². The summed E-state index contributed by atoms with van der Waals surface area (Å²) in [5.74, 6) is 3.31. The zero-order valence-electron chi connectivity index (χ0n) is 28.3. The van der Waals surface area contributed by atoms with Gasteiger partial charge in [0.05, 0.1) is 12.2 Å². The summed E-state index contributed by atoms with van der Waals surface area (Å²) in [7, 11) is -3.81. The van der Waals surface area contributed by atoms with Gasteiger partial charge in [-0.1, -0.05) is 78.7 Å². The van der Waals surface area contributed by atoms with E-state index in [4.69, 9.17) is 8.85 Å². The molecular formula is C35H64O3Si2. The molecule has 4 aliphatic carbocycles. The van der Waals surface area contributed by atoms with Gasteiger partial charge < -0.3 is 14.0 Å². The van der Waals surface area contributed by atoms with Crippen LogP contribution in [0.3, 0.4) is 0 Å². The van der Waals surface area contributed by atoms with Gasteiger partial charge in [0.1, 0.15) is 0 Å². The van der Waals surface area contributed by atoms with Crippen molar-refractivity contribution in [3.05, 3.63) is 23.3 Å². The molecule has 0 aromatic heterocycles. The van der Waals surface area contributed by atoms with E-state index >= 15 is 0 Å². The summed E-state index contributed by atoms with van der Waals surface area (Å²) < 4.78 is 14.6. The van der Waals surface area contributed by atoms with Gasteiger partial charge in [0, 0.05) is 12.0 Å². The lowest BCUT2D eigenvalue weighted by molar-refractivity contribution is -0.00939. The molecule has 230 valence electrons. The zero-order chi connectivity index (χ0) is 29.9. The maximum absolute atomic E-state index is 9.93. The quantitative estimate of drug-likeness (QED) is 0.301. The van der Waals surface area contributed by atoms with E-state index in [1.54, 1.807) is 11.1 Å². The summed E-state index contributed by atoms with van der Waals surface area (Å²) in [6.07, 6.45) is 15.4. The lowest BCUT2D eigenvalue weighted by Gasteiger charge is -2.49. The first-order valence-corrected chi connectivity index (χ1v) is 22.5. The maximum atomic E-state index is 9.93. The van der Waals surface area contributed by atoms with Gasteiger partial charge in [0.15, 0.2) is 16.6 Å². The Bertz CT molecular complexity index is 920. The Hall–Kier alpha value is -0.206. The van der Waals surface area contributed by atoms with Crippen molar-refractivity contribution < 1.29 is 14.0 Å². The molecule has 0 amide bonds. The molecule has 0 heterocycles. The summed E-state index contributed by atoms with van der Waals surface area (Å²) in [6.45, 7) is 29.0. The second kappa shape index (κ2) is 11.4. The number of allylic oxidation sites excluding steroid dienone is 3. The van der Waals surface area contributed by atoms with Crippen LogP contribution >= 0.6 is 0 Å². The molecule has 4 fully saturated rings. The SMILES string of the molecule is C[C@@H](CO)[C@@H]1CC[C@@H]2/C(=C/C=C3C[C@@H](O[Si](C)(C)C(C)(C)C)C4(CC4)[C@H](O[Si](C)(C)C(C)(C)C)C3)CC[C@H](C)[C@H]12. The van der Waals surface area contributed by atoms with E-state index in [-0.39, 0.29) is 27.7 Å². The number of hydrogen-bond acceptors (Lipinski definition) is 3. The second-order valence-electron chi connectivity index (χ2n) is 17.5. The molecule has 4 rings (SSSR count). The van der Waals surface area contributed by atoms with Gasteiger partial charge >= 0.3 is 0 Å². The lowest BCUT2D eigenvalue weighted by Crippen LogP contribution is -2.54. The van der Waals surface area contributed by atoms with Crippen molar-refractivity contribution in [2.75, 3.05) is 6.61 Å². The van der Waals surface area contributed by atoms with Crippen molar-refractivity contribution in [1.29, 1.82) is 0 Å². The highest BCUT2D eigenvalue weighted by Crippen LogP contribution is 2.62. The molecular weight excluding hydrogens is 525 g/mol. The van der Waals surface area contributed by atoms with Crippen LogP contribution in [-0.2, 0) is 8.85 Å². The standard InChI is InChI=1S/C35H64O3Si2/c1-24-13-15-27(29-18-17-28(32(24)29)25(2)23-36)16-14-26-21-30(37-39(9,10)33(3,4)5)35(19-20-35)31(22-26)38-40(11,12)34(6,7)8/h14,16,24-25,28-32,36H,13,15,17-23H2,1-12H3/b27-16+/t24-,25-,28-,29+,30+,31+,32+/m0/s1. The molecule has 3 nitrogen and oxygen atoms in total. The first kappa shape index (κ1) is 32.7. The summed E-state index contributed by atoms with van der Waals surface area (Å²) in [5, 5.41) is 10.3. The molecule has 1 spiro atoms. The molecule has 0 aromatic rings. The highest BCUT2D eigenvalue weighted by atomic mass is 28.4. The lowest BCUT2D eigenvalue weighted by atomic mass is 9.67. The molecule has 1 N–H and O–H groups in total. The van der Waals surface area contributed by atoms with Crippen LogP contribution in [0.2, 0.25) is 36.3 Å². The molecule has 4 aliphatic rings. The summed E-state index contributed by atoms with van der Waals surface area (Å²) in [5.41, 5.74) is 3.43. The van der Waals surface area contributed by atoms with Crippen LogP contribution < -0.4 is 0 Å². The number of fused-ring (bicyclic) bond motifs is 1. The van der Waals surface area contributed by atoms with E-state index in [0.29, 0.717) is 24.4 Å². The average Bonchev–Trinajstić information content (AvgIpc) is 3.50. The van der Waals surface area contributed by atoms with Crippen molar-refractivity contribution in [3.63, 3.8) is 0 Å². The van der Waals surface area contributed by atoms with Crippen molar-refractivity contribution in [1.82, 2.24) is 0 Å². The first-order valence-electron chi connectivity index (χ1n) is 16.7. The van der Waals surface area contributed by atoms with Crippen LogP contribution in [0.4, 0.5) is 0 Å². The number of hydrogen-bond donors (Lipinski definition) is 1. The van der Waals surface area contributed by atoms with Gasteiger partial charge in [-0.2, -0.15) is 0 Å². The van der Waals surface area contributed by atoms with Gasteiger partial charge in [-0.25, -0.2) is 0 Å². The normalized spacial score (nSPS) is 34.7. The zero-order valence-corrected chi connectivity index (χ0v) is 30.3. The Labute approximate surface area is 250 Å². The predicted octanol–water partition coefficient (Wildman–Crippen LogP) is 9.89. The van der Waals surface area contributed by atoms with Crippen LogP contribution in [0, 0.1) is 35.0 Å². The van der Waals surface area contributed by atoms with E-state index in [1.807, 2.05) is 0 Å². The van der Waals surface area contributed by atoms with Crippen molar-refractivity contribution >= 4 is 16.6 Å². The number of aliphatic hydroxyl groups excluding tert-OH is 1. The summed E-state index contributed by atoms with van der Waals surface area (Å²) >= 11 is 0. The molecule has 0 bridgehead atoms. The minimum Gasteiger partial charge on any atom is -0.413 e. The molecule has 7 atom stereocenters. The fourth-order valence-electron chi connectivity index (χ4n) is 7.79. The van der Waals surface area contributed by atoms with Gasteiger partial charge in [0.2, 0.25) is 0 Å². The van der Waals surface area contributed by atoms with E-state index in [1.165, 1.54) is 38.5 Å². The summed E-state index contributed by atoms with van der Waals surface area (Å²) in [6, 6.07) is 0. The summed E-state index contributed by atoms with van der Waals surface area (Å²) in [4.78, 5) is 0. The third-order valence-corrected chi connectivity index (χ3v) is 21.8. The Morgan fingerprint density at radius 3 is 1.85 bits per heavy atom. The minimum absolute atomic E-state index is 0.208. The smallest absolute Gasteiger partial charge is 0.192 e. The largest absolute Gasteiger partial charge is 0.413 e.